The van der Waals surface area contributed by atoms with Crippen LogP contribution in [0, 0.1) is 18.8 Å². The second-order valence-corrected chi connectivity index (χ2v) is 8.43. The Kier molecular flexibility index (Phi) is 6.84. The quantitative estimate of drug-likeness (QED) is 0.835. The van der Waals surface area contributed by atoms with Crippen molar-refractivity contribution in [3.8, 4) is 0 Å². The Labute approximate surface area is 155 Å². The van der Waals surface area contributed by atoms with Gasteiger partial charge in [-0.1, -0.05) is 19.8 Å². The fourth-order valence-electron chi connectivity index (χ4n) is 3.90. The summed E-state index contributed by atoms with van der Waals surface area (Å²) in [7, 11) is 0. The number of aryl methyl sites for hydroxylation is 1. The van der Waals surface area contributed by atoms with Crippen LogP contribution in [0.15, 0.2) is 5.38 Å². The number of anilines is 1. The van der Waals surface area contributed by atoms with Gasteiger partial charge in [0.05, 0.1) is 18.4 Å². The molecule has 0 bridgehead atoms. The Morgan fingerprint density at radius 3 is 2.76 bits per heavy atom. The number of amides is 1. The molecule has 1 saturated carbocycles. The zero-order chi connectivity index (χ0) is 17.6. The lowest BCUT2D eigenvalue weighted by Gasteiger charge is -2.33. The summed E-state index contributed by atoms with van der Waals surface area (Å²) in [5.74, 6) is 0.943. The molecule has 0 spiro atoms. The molecular formula is C19H31N3O2S. The van der Waals surface area contributed by atoms with E-state index in [1.807, 2.05) is 12.3 Å². The van der Waals surface area contributed by atoms with E-state index in [2.05, 4.69) is 22.1 Å². The van der Waals surface area contributed by atoms with Crippen molar-refractivity contribution in [1.82, 2.24) is 9.88 Å². The maximum Gasteiger partial charge on any atom is 0.229 e. The summed E-state index contributed by atoms with van der Waals surface area (Å²) in [6.45, 7) is 8.04. The Morgan fingerprint density at radius 1 is 1.32 bits per heavy atom. The molecule has 3 rings (SSSR count). The monoisotopic (exact) mass is 365 g/mol. The van der Waals surface area contributed by atoms with Crippen molar-refractivity contribution in [2.75, 3.05) is 31.6 Å². The molecular weight excluding hydrogens is 334 g/mol. The van der Waals surface area contributed by atoms with Crippen molar-refractivity contribution in [1.29, 1.82) is 0 Å². The first kappa shape index (κ1) is 18.8. The maximum atomic E-state index is 12.4. The van der Waals surface area contributed by atoms with Crippen LogP contribution in [0.3, 0.4) is 0 Å². The van der Waals surface area contributed by atoms with E-state index in [0.717, 1.165) is 49.9 Å². The minimum atomic E-state index is 0.111. The summed E-state index contributed by atoms with van der Waals surface area (Å²) in [5.41, 5.74) is 0.961. The highest BCUT2D eigenvalue weighted by atomic mass is 32.1. The lowest BCUT2D eigenvalue weighted by Crippen LogP contribution is -2.40. The SMILES string of the molecule is Cc1csc(NC(=O)C2CCN(CCOC3CCCCC3C)CC2)n1. The van der Waals surface area contributed by atoms with Gasteiger partial charge in [-0.15, -0.1) is 11.3 Å². The third kappa shape index (κ3) is 5.50. The number of carbonyl (C=O) groups is 1. The average molecular weight is 366 g/mol. The van der Waals surface area contributed by atoms with E-state index < -0.39 is 0 Å². The van der Waals surface area contributed by atoms with E-state index in [0.29, 0.717) is 12.0 Å². The van der Waals surface area contributed by atoms with E-state index in [4.69, 9.17) is 4.74 Å². The van der Waals surface area contributed by atoms with Crippen LogP contribution in [-0.2, 0) is 9.53 Å². The Morgan fingerprint density at radius 2 is 2.08 bits per heavy atom. The smallest absolute Gasteiger partial charge is 0.229 e. The molecule has 2 aliphatic rings. The maximum absolute atomic E-state index is 12.4. The summed E-state index contributed by atoms with van der Waals surface area (Å²) in [4.78, 5) is 19.1. The minimum absolute atomic E-state index is 0.111. The summed E-state index contributed by atoms with van der Waals surface area (Å²) in [6.07, 6.45) is 7.51. The van der Waals surface area contributed by atoms with Gasteiger partial charge >= 0.3 is 0 Å². The van der Waals surface area contributed by atoms with Crippen molar-refractivity contribution < 1.29 is 9.53 Å². The molecule has 2 fully saturated rings. The van der Waals surface area contributed by atoms with E-state index in [1.165, 1.54) is 37.0 Å². The van der Waals surface area contributed by atoms with Crippen LogP contribution < -0.4 is 5.32 Å². The number of rotatable bonds is 6. The predicted octanol–water partition coefficient (Wildman–Crippen LogP) is 3.70. The third-order valence-corrected chi connectivity index (χ3v) is 6.46. The van der Waals surface area contributed by atoms with Crippen molar-refractivity contribution >= 4 is 22.4 Å². The van der Waals surface area contributed by atoms with E-state index in [9.17, 15) is 4.79 Å². The molecule has 1 aliphatic heterocycles. The largest absolute Gasteiger partial charge is 0.377 e. The zero-order valence-electron chi connectivity index (χ0n) is 15.5. The molecule has 6 heteroatoms. The van der Waals surface area contributed by atoms with E-state index in [-0.39, 0.29) is 11.8 Å². The van der Waals surface area contributed by atoms with Gasteiger partial charge in [0, 0.05) is 17.8 Å². The van der Waals surface area contributed by atoms with Crippen molar-refractivity contribution in [3.05, 3.63) is 11.1 Å². The van der Waals surface area contributed by atoms with Crippen LogP contribution in [0.25, 0.3) is 0 Å². The molecule has 1 amide bonds. The molecule has 5 nitrogen and oxygen atoms in total. The number of hydrogen-bond acceptors (Lipinski definition) is 5. The molecule has 2 atom stereocenters. The number of hydrogen-bond donors (Lipinski definition) is 1. The van der Waals surface area contributed by atoms with Gasteiger partial charge in [-0.3, -0.25) is 4.79 Å². The summed E-state index contributed by atoms with van der Waals surface area (Å²) in [6, 6.07) is 0. The van der Waals surface area contributed by atoms with Crippen molar-refractivity contribution in [3.63, 3.8) is 0 Å². The van der Waals surface area contributed by atoms with Gasteiger partial charge in [0.15, 0.2) is 5.13 Å². The molecule has 1 aromatic heterocycles. The minimum Gasteiger partial charge on any atom is -0.377 e. The van der Waals surface area contributed by atoms with Gasteiger partial charge in [-0.2, -0.15) is 0 Å². The lowest BCUT2D eigenvalue weighted by molar-refractivity contribution is -0.121. The summed E-state index contributed by atoms with van der Waals surface area (Å²) >= 11 is 1.50. The highest BCUT2D eigenvalue weighted by Crippen LogP contribution is 2.26. The predicted molar refractivity (Wildman–Crippen MR) is 102 cm³/mol. The molecule has 25 heavy (non-hydrogen) atoms. The van der Waals surface area contributed by atoms with Crippen LogP contribution >= 0.6 is 11.3 Å². The van der Waals surface area contributed by atoms with Gasteiger partial charge in [0.25, 0.3) is 0 Å². The van der Waals surface area contributed by atoms with E-state index >= 15 is 0 Å². The first-order chi connectivity index (χ1) is 12.1. The van der Waals surface area contributed by atoms with Crippen LogP contribution in [0.1, 0.15) is 51.1 Å². The van der Waals surface area contributed by atoms with Crippen LogP contribution in [-0.4, -0.2) is 48.1 Å². The first-order valence-electron chi connectivity index (χ1n) is 9.69. The van der Waals surface area contributed by atoms with E-state index in [1.54, 1.807) is 0 Å². The molecule has 1 aromatic rings. The standard InChI is InChI=1S/C19H31N3O2S/c1-14-5-3-4-6-17(14)24-12-11-22-9-7-16(8-10-22)18(23)21-19-20-15(2)13-25-19/h13-14,16-17H,3-12H2,1-2H3,(H,20,21,23). The highest BCUT2D eigenvalue weighted by molar-refractivity contribution is 7.13. The number of nitrogens with zero attached hydrogens (tertiary/aromatic N) is 2. The van der Waals surface area contributed by atoms with Gasteiger partial charge < -0.3 is 15.0 Å². The Hall–Kier alpha value is -0.980. The topological polar surface area (TPSA) is 54.5 Å². The number of likely N-dealkylation sites (tertiary alicyclic amines) is 1. The van der Waals surface area contributed by atoms with Crippen LogP contribution in [0.5, 0.6) is 0 Å². The van der Waals surface area contributed by atoms with Crippen molar-refractivity contribution in [2.45, 2.75) is 58.5 Å². The molecule has 0 aromatic carbocycles. The number of ether oxygens (including phenoxy) is 1. The Balaban J connectivity index is 1.33. The molecule has 1 N–H and O–H groups in total. The molecule has 0 radical (unpaired) electrons. The third-order valence-electron chi connectivity index (χ3n) is 5.58. The lowest BCUT2D eigenvalue weighted by atomic mass is 9.88. The fourth-order valence-corrected chi connectivity index (χ4v) is 4.59. The molecule has 1 aliphatic carbocycles. The van der Waals surface area contributed by atoms with Gasteiger partial charge in [0.2, 0.25) is 5.91 Å². The van der Waals surface area contributed by atoms with Crippen LogP contribution in [0.2, 0.25) is 0 Å². The second kappa shape index (κ2) is 9.10. The molecule has 2 unspecified atom stereocenters. The normalized spacial score (nSPS) is 25.8. The van der Waals surface area contributed by atoms with Gasteiger partial charge in [-0.05, 0) is 51.6 Å². The molecule has 140 valence electrons. The number of piperidine rings is 1. The molecule has 1 saturated heterocycles. The highest BCUT2D eigenvalue weighted by Gasteiger charge is 2.26. The second-order valence-electron chi connectivity index (χ2n) is 7.57. The number of aromatic nitrogens is 1. The fraction of sp³-hybridized carbons (Fsp3) is 0.789. The summed E-state index contributed by atoms with van der Waals surface area (Å²) in [5, 5.41) is 5.65. The number of thiazole rings is 1. The van der Waals surface area contributed by atoms with Gasteiger partial charge in [-0.25, -0.2) is 4.98 Å². The Bertz CT molecular complexity index is 555. The number of nitrogens with one attached hydrogen (secondary N) is 1. The first-order valence-corrected chi connectivity index (χ1v) is 10.6. The molecule has 2 heterocycles. The number of carbonyl (C=O) groups excluding carboxylic acids is 1. The zero-order valence-corrected chi connectivity index (χ0v) is 16.3. The van der Waals surface area contributed by atoms with Crippen LogP contribution in [0.4, 0.5) is 5.13 Å². The average Bonchev–Trinajstić information content (AvgIpc) is 3.02. The van der Waals surface area contributed by atoms with Gasteiger partial charge in [0.1, 0.15) is 0 Å². The summed E-state index contributed by atoms with van der Waals surface area (Å²) < 4.78 is 6.13. The van der Waals surface area contributed by atoms with Crippen molar-refractivity contribution in [2.24, 2.45) is 11.8 Å².